The van der Waals surface area contributed by atoms with Crippen molar-refractivity contribution < 1.29 is 4.74 Å². The average molecular weight is 336 g/mol. The molecule has 0 aromatic carbocycles. The zero-order chi connectivity index (χ0) is 10.7. The van der Waals surface area contributed by atoms with Crippen LogP contribution in [0.4, 0.5) is 0 Å². The molecule has 2 rings (SSSR count). The quantitative estimate of drug-likeness (QED) is 0.902. The predicted molar refractivity (Wildman–Crippen MR) is 66.2 cm³/mol. The van der Waals surface area contributed by atoms with E-state index >= 15 is 0 Å². The van der Waals surface area contributed by atoms with E-state index in [2.05, 4.69) is 42.2 Å². The van der Waals surface area contributed by atoms with Gasteiger partial charge in [-0.2, -0.15) is 0 Å². The van der Waals surface area contributed by atoms with Crippen LogP contribution in [0.3, 0.4) is 0 Å². The number of rotatable bonds is 2. The monoisotopic (exact) mass is 334 g/mol. The van der Waals surface area contributed by atoms with Crippen LogP contribution in [0.1, 0.15) is 12.8 Å². The SMILES string of the molecule is Brc1cnc(OC2CCNCC2)c(Br)c1. The lowest BCUT2D eigenvalue weighted by Gasteiger charge is -2.23. The molecule has 0 unspecified atom stereocenters. The lowest BCUT2D eigenvalue weighted by Crippen LogP contribution is -2.34. The topological polar surface area (TPSA) is 34.1 Å². The largest absolute Gasteiger partial charge is 0.473 e. The number of piperidine rings is 1. The summed E-state index contributed by atoms with van der Waals surface area (Å²) in [5.41, 5.74) is 0. The van der Waals surface area contributed by atoms with Gasteiger partial charge in [0, 0.05) is 10.7 Å². The molecule has 15 heavy (non-hydrogen) atoms. The molecule has 0 saturated carbocycles. The van der Waals surface area contributed by atoms with Crippen molar-refractivity contribution in [2.75, 3.05) is 13.1 Å². The zero-order valence-electron chi connectivity index (χ0n) is 8.17. The standard InChI is InChI=1S/C10H12Br2N2O/c11-7-5-9(12)10(14-6-7)15-8-1-3-13-4-2-8/h5-6,8,13H,1-4H2. The number of nitrogens with zero attached hydrogens (tertiary/aromatic N) is 1. The van der Waals surface area contributed by atoms with Crippen molar-refractivity contribution in [1.29, 1.82) is 0 Å². The molecule has 1 fully saturated rings. The molecule has 1 aliphatic heterocycles. The van der Waals surface area contributed by atoms with Gasteiger partial charge in [0.05, 0.1) is 4.47 Å². The van der Waals surface area contributed by atoms with Crippen molar-refractivity contribution in [2.45, 2.75) is 18.9 Å². The summed E-state index contributed by atoms with van der Waals surface area (Å²) in [6, 6.07) is 1.95. The fraction of sp³-hybridized carbons (Fsp3) is 0.500. The van der Waals surface area contributed by atoms with E-state index in [4.69, 9.17) is 4.74 Å². The Kier molecular flexibility index (Phi) is 3.99. The molecule has 82 valence electrons. The van der Waals surface area contributed by atoms with E-state index in [1.165, 1.54) is 0 Å². The van der Waals surface area contributed by atoms with Crippen LogP contribution in [-0.4, -0.2) is 24.2 Å². The summed E-state index contributed by atoms with van der Waals surface area (Å²) in [7, 11) is 0. The third kappa shape index (κ3) is 3.16. The van der Waals surface area contributed by atoms with Crippen molar-refractivity contribution >= 4 is 31.9 Å². The highest BCUT2D eigenvalue weighted by atomic mass is 79.9. The second-order valence-corrected chi connectivity index (χ2v) is 5.28. The first-order chi connectivity index (χ1) is 7.25. The molecule has 3 nitrogen and oxygen atoms in total. The van der Waals surface area contributed by atoms with Crippen LogP contribution in [0.15, 0.2) is 21.2 Å². The molecule has 1 aliphatic rings. The maximum atomic E-state index is 5.82. The van der Waals surface area contributed by atoms with E-state index in [-0.39, 0.29) is 6.10 Å². The van der Waals surface area contributed by atoms with Gasteiger partial charge in [-0.1, -0.05) is 0 Å². The van der Waals surface area contributed by atoms with Gasteiger partial charge >= 0.3 is 0 Å². The molecule has 2 heterocycles. The highest BCUT2D eigenvalue weighted by molar-refractivity contribution is 9.11. The molecule has 0 atom stereocenters. The summed E-state index contributed by atoms with van der Waals surface area (Å²) in [5, 5.41) is 3.30. The molecule has 1 aromatic heterocycles. The van der Waals surface area contributed by atoms with Crippen LogP contribution in [-0.2, 0) is 0 Å². The maximum absolute atomic E-state index is 5.82. The lowest BCUT2D eigenvalue weighted by atomic mass is 10.1. The molecule has 1 saturated heterocycles. The highest BCUT2D eigenvalue weighted by Crippen LogP contribution is 2.27. The number of halogens is 2. The molecule has 0 aliphatic carbocycles. The van der Waals surface area contributed by atoms with Crippen molar-refractivity contribution in [3.63, 3.8) is 0 Å². The second-order valence-electron chi connectivity index (χ2n) is 3.51. The smallest absolute Gasteiger partial charge is 0.228 e. The van der Waals surface area contributed by atoms with Gasteiger partial charge in [-0.3, -0.25) is 0 Å². The van der Waals surface area contributed by atoms with Gasteiger partial charge < -0.3 is 10.1 Å². The molecule has 0 bridgehead atoms. The van der Waals surface area contributed by atoms with Crippen LogP contribution in [0.25, 0.3) is 0 Å². The number of ether oxygens (including phenoxy) is 1. The number of aromatic nitrogens is 1. The molecule has 0 radical (unpaired) electrons. The molecule has 1 N–H and O–H groups in total. The Morgan fingerprint density at radius 2 is 2.07 bits per heavy atom. The first-order valence-electron chi connectivity index (χ1n) is 4.94. The third-order valence-electron chi connectivity index (χ3n) is 2.34. The Morgan fingerprint density at radius 1 is 1.33 bits per heavy atom. The van der Waals surface area contributed by atoms with Gasteiger partial charge in [0.2, 0.25) is 5.88 Å². The van der Waals surface area contributed by atoms with Crippen molar-refractivity contribution in [3.05, 3.63) is 21.2 Å². The van der Waals surface area contributed by atoms with Crippen LogP contribution in [0.5, 0.6) is 5.88 Å². The Bertz CT molecular complexity index is 340. The van der Waals surface area contributed by atoms with Crippen molar-refractivity contribution in [2.24, 2.45) is 0 Å². The van der Waals surface area contributed by atoms with E-state index in [0.717, 1.165) is 34.9 Å². The van der Waals surface area contributed by atoms with Gasteiger partial charge in [0.25, 0.3) is 0 Å². The minimum atomic E-state index is 0.288. The Hall–Kier alpha value is -0.130. The normalized spacial score (nSPS) is 17.7. The summed E-state index contributed by atoms with van der Waals surface area (Å²) in [6.45, 7) is 2.05. The highest BCUT2D eigenvalue weighted by Gasteiger charge is 2.16. The molecular formula is C10H12Br2N2O. The maximum Gasteiger partial charge on any atom is 0.228 e. The summed E-state index contributed by atoms with van der Waals surface area (Å²) < 4.78 is 7.67. The second kappa shape index (κ2) is 5.27. The Balaban J connectivity index is 2.03. The first kappa shape index (κ1) is 11.4. The Morgan fingerprint density at radius 3 is 2.73 bits per heavy atom. The van der Waals surface area contributed by atoms with E-state index < -0.39 is 0 Å². The molecular weight excluding hydrogens is 324 g/mol. The van der Waals surface area contributed by atoms with Crippen LogP contribution < -0.4 is 10.1 Å². The van der Waals surface area contributed by atoms with Crippen LogP contribution in [0.2, 0.25) is 0 Å². The van der Waals surface area contributed by atoms with Gasteiger partial charge in [0.1, 0.15) is 6.10 Å². The number of hydrogen-bond donors (Lipinski definition) is 1. The first-order valence-corrected chi connectivity index (χ1v) is 6.53. The summed E-state index contributed by atoms with van der Waals surface area (Å²) in [4.78, 5) is 4.24. The summed E-state index contributed by atoms with van der Waals surface area (Å²) >= 11 is 6.80. The minimum absolute atomic E-state index is 0.288. The number of hydrogen-bond acceptors (Lipinski definition) is 3. The van der Waals surface area contributed by atoms with Gasteiger partial charge in [-0.05, 0) is 63.9 Å². The minimum Gasteiger partial charge on any atom is -0.473 e. The van der Waals surface area contributed by atoms with E-state index in [1.807, 2.05) is 6.07 Å². The van der Waals surface area contributed by atoms with Crippen molar-refractivity contribution in [1.82, 2.24) is 10.3 Å². The lowest BCUT2D eigenvalue weighted by molar-refractivity contribution is 0.154. The van der Waals surface area contributed by atoms with Crippen molar-refractivity contribution in [3.8, 4) is 5.88 Å². The molecule has 0 spiro atoms. The Labute approximate surface area is 106 Å². The van der Waals surface area contributed by atoms with E-state index in [0.29, 0.717) is 5.88 Å². The average Bonchev–Trinajstić information content (AvgIpc) is 2.24. The van der Waals surface area contributed by atoms with Gasteiger partial charge in [-0.15, -0.1) is 0 Å². The molecule has 5 heteroatoms. The van der Waals surface area contributed by atoms with Crippen LogP contribution >= 0.6 is 31.9 Å². The predicted octanol–water partition coefficient (Wildman–Crippen LogP) is 2.74. The van der Waals surface area contributed by atoms with Gasteiger partial charge in [0.15, 0.2) is 0 Å². The summed E-state index contributed by atoms with van der Waals surface area (Å²) in [5.74, 6) is 0.685. The van der Waals surface area contributed by atoms with Crippen LogP contribution in [0, 0.1) is 0 Å². The molecule has 0 amide bonds. The number of nitrogens with one attached hydrogen (secondary N) is 1. The molecule has 1 aromatic rings. The fourth-order valence-corrected chi connectivity index (χ4v) is 2.64. The fourth-order valence-electron chi connectivity index (χ4n) is 1.56. The van der Waals surface area contributed by atoms with E-state index in [9.17, 15) is 0 Å². The van der Waals surface area contributed by atoms with E-state index in [1.54, 1.807) is 6.20 Å². The summed E-state index contributed by atoms with van der Waals surface area (Å²) in [6.07, 6.45) is 4.13. The third-order valence-corrected chi connectivity index (χ3v) is 3.34. The zero-order valence-corrected chi connectivity index (χ0v) is 11.3. The van der Waals surface area contributed by atoms with Gasteiger partial charge in [-0.25, -0.2) is 4.98 Å². The number of pyridine rings is 1.